The van der Waals surface area contributed by atoms with Crippen molar-refractivity contribution < 1.29 is 19.1 Å². The number of fused-ring (bicyclic) bond motifs is 3. The lowest BCUT2D eigenvalue weighted by Gasteiger charge is -2.33. The molecule has 0 unspecified atom stereocenters. The number of hydrogen-bond donors (Lipinski definition) is 1. The predicted octanol–water partition coefficient (Wildman–Crippen LogP) is 5.41. The lowest BCUT2D eigenvalue weighted by atomic mass is 9.83. The molecule has 2 aliphatic rings. The molecule has 3 aromatic carbocycles. The Balaban J connectivity index is 1.57. The van der Waals surface area contributed by atoms with E-state index in [4.69, 9.17) is 21.1 Å². The van der Waals surface area contributed by atoms with Crippen LogP contribution in [-0.2, 0) is 4.74 Å². The molecule has 1 aliphatic carbocycles. The van der Waals surface area contributed by atoms with Gasteiger partial charge in [0, 0.05) is 46.0 Å². The summed E-state index contributed by atoms with van der Waals surface area (Å²) in [4.78, 5) is 26.4. The molecule has 5 nitrogen and oxygen atoms in total. The van der Waals surface area contributed by atoms with Gasteiger partial charge in [-0.25, -0.2) is 0 Å². The van der Waals surface area contributed by atoms with Gasteiger partial charge >= 0.3 is 0 Å². The highest BCUT2D eigenvalue weighted by Gasteiger charge is 2.34. The average molecular weight is 434 g/mol. The van der Waals surface area contributed by atoms with Gasteiger partial charge in [-0.1, -0.05) is 48.0 Å². The number of ketones is 2. The van der Waals surface area contributed by atoms with E-state index >= 15 is 0 Å². The average Bonchev–Trinajstić information content (AvgIpc) is 2.78. The second-order valence-corrected chi connectivity index (χ2v) is 7.99. The Bertz CT molecular complexity index is 1210. The molecule has 31 heavy (non-hydrogen) atoms. The maximum absolute atomic E-state index is 13.3. The van der Waals surface area contributed by atoms with E-state index in [1.165, 1.54) is 0 Å². The zero-order valence-corrected chi connectivity index (χ0v) is 17.6. The van der Waals surface area contributed by atoms with Crippen molar-refractivity contribution in [2.75, 3.05) is 11.9 Å². The molecule has 5 rings (SSSR count). The van der Waals surface area contributed by atoms with Gasteiger partial charge in [-0.2, -0.15) is 0 Å². The summed E-state index contributed by atoms with van der Waals surface area (Å²) in [5, 5.41) is 4.07. The highest BCUT2D eigenvalue weighted by molar-refractivity contribution is 6.31. The van der Waals surface area contributed by atoms with Crippen molar-refractivity contribution in [1.29, 1.82) is 0 Å². The van der Waals surface area contributed by atoms with E-state index in [9.17, 15) is 9.59 Å². The molecule has 2 atom stereocenters. The van der Waals surface area contributed by atoms with Crippen molar-refractivity contribution in [3.05, 3.63) is 93.5 Å². The monoisotopic (exact) mass is 433 g/mol. The maximum atomic E-state index is 13.3. The summed E-state index contributed by atoms with van der Waals surface area (Å²) in [5.41, 5.74) is 3.17. The van der Waals surface area contributed by atoms with Gasteiger partial charge in [0.15, 0.2) is 11.6 Å². The minimum atomic E-state index is -0.422. The standard InChI is InChI=1S/C25H20ClNO4/c1-2-30-22-13-20(18-12-14(26)10-11-21(18)31-22)27-19-9-5-8-17-23(19)25(29)16-7-4-3-6-15(16)24(17)28/h3-12,20,22,27H,2,13H2,1H3/t20-,22-/m0/s1. The van der Waals surface area contributed by atoms with E-state index in [0.29, 0.717) is 51.7 Å². The Kier molecular flexibility index (Phi) is 5.00. The quantitative estimate of drug-likeness (QED) is 0.466. The first-order chi connectivity index (χ1) is 15.1. The van der Waals surface area contributed by atoms with Crippen LogP contribution < -0.4 is 10.1 Å². The van der Waals surface area contributed by atoms with Crippen LogP contribution in [0.25, 0.3) is 0 Å². The first-order valence-corrected chi connectivity index (χ1v) is 10.6. The van der Waals surface area contributed by atoms with E-state index in [1.54, 1.807) is 42.5 Å². The van der Waals surface area contributed by atoms with Crippen molar-refractivity contribution in [2.24, 2.45) is 0 Å². The molecule has 0 saturated carbocycles. The summed E-state index contributed by atoms with van der Waals surface area (Å²) in [6, 6.07) is 17.5. The minimum absolute atomic E-state index is 0.142. The summed E-state index contributed by atoms with van der Waals surface area (Å²) in [5.74, 6) is 0.383. The highest BCUT2D eigenvalue weighted by Crippen LogP contribution is 2.40. The molecule has 156 valence electrons. The number of benzene rings is 3. The van der Waals surface area contributed by atoms with Gasteiger partial charge in [-0.15, -0.1) is 0 Å². The number of carbonyl (C=O) groups is 2. The van der Waals surface area contributed by atoms with Crippen LogP contribution in [0.2, 0.25) is 5.02 Å². The number of anilines is 1. The first-order valence-electron chi connectivity index (χ1n) is 10.2. The fraction of sp³-hybridized carbons (Fsp3) is 0.200. The molecule has 0 amide bonds. The van der Waals surface area contributed by atoms with Crippen LogP contribution in [0.1, 0.15) is 56.8 Å². The van der Waals surface area contributed by atoms with Crippen LogP contribution >= 0.6 is 11.6 Å². The third-order valence-corrected chi connectivity index (χ3v) is 5.90. The second-order valence-electron chi connectivity index (χ2n) is 7.55. The lowest BCUT2D eigenvalue weighted by Crippen LogP contribution is -2.32. The number of rotatable bonds is 4. The van der Waals surface area contributed by atoms with E-state index in [1.807, 2.05) is 25.1 Å². The van der Waals surface area contributed by atoms with Crippen LogP contribution in [-0.4, -0.2) is 24.5 Å². The molecule has 0 radical (unpaired) electrons. The minimum Gasteiger partial charge on any atom is -0.464 e. The number of halogens is 1. The zero-order valence-electron chi connectivity index (χ0n) is 16.9. The van der Waals surface area contributed by atoms with Gasteiger partial charge < -0.3 is 14.8 Å². The number of hydrogen-bond acceptors (Lipinski definition) is 5. The van der Waals surface area contributed by atoms with Crippen molar-refractivity contribution in [3.63, 3.8) is 0 Å². The Morgan fingerprint density at radius 1 is 1.00 bits per heavy atom. The third kappa shape index (κ3) is 3.40. The van der Waals surface area contributed by atoms with Crippen molar-refractivity contribution in [3.8, 4) is 5.75 Å². The van der Waals surface area contributed by atoms with Gasteiger partial charge in [0.1, 0.15) is 5.75 Å². The summed E-state index contributed by atoms with van der Waals surface area (Å²) >= 11 is 6.24. The predicted molar refractivity (Wildman–Crippen MR) is 118 cm³/mol. The Morgan fingerprint density at radius 3 is 2.52 bits per heavy atom. The van der Waals surface area contributed by atoms with Gasteiger partial charge in [-0.3, -0.25) is 9.59 Å². The molecule has 6 heteroatoms. The number of ether oxygens (including phenoxy) is 2. The van der Waals surface area contributed by atoms with Gasteiger partial charge in [0.05, 0.1) is 11.6 Å². The van der Waals surface area contributed by atoms with Crippen molar-refractivity contribution in [1.82, 2.24) is 0 Å². The molecule has 0 saturated heterocycles. The van der Waals surface area contributed by atoms with Crippen LogP contribution in [0, 0.1) is 0 Å². The van der Waals surface area contributed by atoms with E-state index in [-0.39, 0.29) is 17.6 Å². The first kappa shape index (κ1) is 19.8. The smallest absolute Gasteiger partial charge is 0.202 e. The molecule has 0 spiro atoms. The zero-order chi connectivity index (χ0) is 21.5. The van der Waals surface area contributed by atoms with Crippen LogP contribution in [0.4, 0.5) is 5.69 Å². The second kappa shape index (κ2) is 7.84. The SMILES string of the molecule is CCO[C@@H]1C[C@H](Nc2cccc3c2C(=O)c2ccccc2C3=O)c2cc(Cl)ccc2O1. The number of carbonyl (C=O) groups excluding carboxylic acids is 2. The summed E-state index contributed by atoms with van der Waals surface area (Å²) in [7, 11) is 0. The molecule has 1 N–H and O–H groups in total. The largest absolute Gasteiger partial charge is 0.464 e. The van der Waals surface area contributed by atoms with Gasteiger partial charge in [-0.05, 0) is 31.2 Å². The Hall–Kier alpha value is -3.15. The van der Waals surface area contributed by atoms with E-state index < -0.39 is 6.29 Å². The lowest BCUT2D eigenvalue weighted by molar-refractivity contribution is -0.0900. The maximum Gasteiger partial charge on any atom is 0.202 e. The molecule has 3 aromatic rings. The summed E-state index contributed by atoms with van der Waals surface area (Å²) in [6.45, 7) is 2.43. The van der Waals surface area contributed by atoms with Gasteiger partial charge in [0.2, 0.25) is 6.29 Å². The van der Waals surface area contributed by atoms with Crippen LogP contribution in [0.15, 0.2) is 60.7 Å². The van der Waals surface area contributed by atoms with Crippen molar-refractivity contribution in [2.45, 2.75) is 25.7 Å². The molecule has 1 heterocycles. The summed E-state index contributed by atoms with van der Waals surface area (Å²) < 4.78 is 11.7. The molecular weight excluding hydrogens is 414 g/mol. The van der Waals surface area contributed by atoms with Crippen LogP contribution in [0.5, 0.6) is 5.75 Å². The van der Waals surface area contributed by atoms with E-state index in [2.05, 4.69) is 5.32 Å². The molecule has 0 fully saturated rings. The number of nitrogens with one attached hydrogen (secondary N) is 1. The highest BCUT2D eigenvalue weighted by atomic mass is 35.5. The normalized spacial score (nSPS) is 19.2. The summed E-state index contributed by atoms with van der Waals surface area (Å²) in [6.07, 6.45) is 0.109. The third-order valence-electron chi connectivity index (χ3n) is 5.67. The fourth-order valence-corrected chi connectivity index (χ4v) is 4.47. The van der Waals surface area contributed by atoms with E-state index in [0.717, 1.165) is 5.56 Å². The molecular formula is C25H20ClNO4. The molecule has 0 aromatic heterocycles. The van der Waals surface area contributed by atoms with Crippen LogP contribution in [0.3, 0.4) is 0 Å². The van der Waals surface area contributed by atoms with Crippen molar-refractivity contribution >= 4 is 28.9 Å². The molecule has 0 bridgehead atoms. The topological polar surface area (TPSA) is 64.6 Å². The Morgan fingerprint density at radius 2 is 1.74 bits per heavy atom. The molecule has 1 aliphatic heterocycles. The van der Waals surface area contributed by atoms with Gasteiger partial charge in [0.25, 0.3) is 0 Å². The fourth-order valence-electron chi connectivity index (χ4n) is 4.29. The Labute approximate surface area is 184 Å².